The molecule has 0 heterocycles. The van der Waals surface area contributed by atoms with Crippen LogP contribution in [0.1, 0.15) is 24.5 Å². The molecule has 0 atom stereocenters. The minimum atomic E-state index is -0.280. The first-order valence-electron chi connectivity index (χ1n) is 8.26. The highest BCUT2D eigenvalue weighted by Crippen LogP contribution is 2.29. The second-order valence-corrected chi connectivity index (χ2v) is 5.64. The first-order valence-corrected chi connectivity index (χ1v) is 8.26. The van der Waals surface area contributed by atoms with Gasteiger partial charge < -0.3 is 9.47 Å². The van der Waals surface area contributed by atoms with E-state index in [1.807, 2.05) is 30.3 Å². The summed E-state index contributed by atoms with van der Waals surface area (Å²) in [5.41, 5.74) is 2.12. The van der Waals surface area contributed by atoms with Crippen LogP contribution in [0.15, 0.2) is 60.7 Å². The van der Waals surface area contributed by atoms with Crippen molar-refractivity contribution < 1.29 is 14.3 Å². The number of hydrogen-bond donors (Lipinski definition) is 0. The molecule has 0 saturated heterocycles. The van der Waals surface area contributed by atoms with Gasteiger partial charge in [0.2, 0.25) is 0 Å². The third-order valence-corrected chi connectivity index (χ3v) is 3.98. The number of carbonyl (C=O) groups excluding carboxylic acids is 1. The number of methoxy groups -OCH3 is 1. The molecule has 126 valence electrons. The van der Waals surface area contributed by atoms with Gasteiger partial charge in [-0.05, 0) is 34.0 Å². The molecular weight excluding hydrogens is 312 g/mol. The van der Waals surface area contributed by atoms with Gasteiger partial charge in [-0.3, -0.25) is 4.79 Å². The van der Waals surface area contributed by atoms with Crippen molar-refractivity contribution in [3.05, 3.63) is 71.8 Å². The third-order valence-electron chi connectivity index (χ3n) is 3.98. The van der Waals surface area contributed by atoms with E-state index in [2.05, 4.69) is 36.4 Å². The normalized spacial score (nSPS) is 11.0. The molecule has 0 unspecified atom stereocenters. The first-order chi connectivity index (χ1) is 12.2. The van der Waals surface area contributed by atoms with Crippen molar-refractivity contribution in [3.63, 3.8) is 0 Å². The molecular formula is C22H20O3. The zero-order valence-corrected chi connectivity index (χ0v) is 14.4. The predicted molar refractivity (Wildman–Crippen MR) is 102 cm³/mol. The number of benzene rings is 3. The fourth-order valence-electron chi connectivity index (χ4n) is 2.65. The number of esters is 1. The standard InChI is InChI=1S/C22H20O3/c1-3-22(23)25-20-14-12-16(15-21(20)24-2)11-13-18-9-6-8-17-7-4-5-10-19(17)18/h4-15H,3H2,1-2H3. The van der Waals surface area contributed by atoms with Gasteiger partial charge >= 0.3 is 5.97 Å². The molecule has 3 rings (SSSR count). The Bertz CT molecular complexity index is 920. The third kappa shape index (κ3) is 3.89. The van der Waals surface area contributed by atoms with E-state index < -0.39 is 0 Å². The SMILES string of the molecule is CCC(=O)Oc1ccc(C=Cc2cccc3ccccc23)cc1OC. The zero-order valence-electron chi connectivity index (χ0n) is 14.4. The van der Waals surface area contributed by atoms with Gasteiger partial charge in [0.1, 0.15) is 0 Å². The van der Waals surface area contributed by atoms with E-state index in [0.29, 0.717) is 17.9 Å². The summed E-state index contributed by atoms with van der Waals surface area (Å²) >= 11 is 0. The molecule has 0 radical (unpaired) electrons. The Kier molecular flexibility index (Phi) is 5.14. The lowest BCUT2D eigenvalue weighted by Crippen LogP contribution is -2.06. The van der Waals surface area contributed by atoms with E-state index in [4.69, 9.17) is 9.47 Å². The fourth-order valence-corrected chi connectivity index (χ4v) is 2.65. The Morgan fingerprint density at radius 1 is 0.960 bits per heavy atom. The Labute approximate surface area is 147 Å². The minimum absolute atomic E-state index is 0.280. The smallest absolute Gasteiger partial charge is 0.311 e. The Balaban J connectivity index is 1.89. The van der Waals surface area contributed by atoms with Gasteiger partial charge in [-0.1, -0.05) is 67.6 Å². The van der Waals surface area contributed by atoms with Crippen LogP contribution in [0.2, 0.25) is 0 Å². The average Bonchev–Trinajstić information content (AvgIpc) is 2.66. The molecule has 0 saturated carbocycles. The molecule has 0 aromatic heterocycles. The van der Waals surface area contributed by atoms with Crippen LogP contribution in [0.5, 0.6) is 11.5 Å². The van der Waals surface area contributed by atoms with E-state index in [1.165, 1.54) is 10.8 Å². The highest BCUT2D eigenvalue weighted by molar-refractivity contribution is 5.92. The van der Waals surface area contributed by atoms with Crippen molar-refractivity contribution in [3.8, 4) is 11.5 Å². The van der Waals surface area contributed by atoms with Gasteiger partial charge in [0, 0.05) is 6.42 Å². The van der Waals surface area contributed by atoms with Crippen LogP contribution in [0.4, 0.5) is 0 Å². The lowest BCUT2D eigenvalue weighted by Gasteiger charge is -2.09. The van der Waals surface area contributed by atoms with Crippen molar-refractivity contribution in [2.45, 2.75) is 13.3 Å². The van der Waals surface area contributed by atoms with E-state index >= 15 is 0 Å². The quantitative estimate of drug-likeness (QED) is 0.360. The highest BCUT2D eigenvalue weighted by atomic mass is 16.6. The lowest BCUT2D eigenvalue weighted by molar-refractivity contribution is -0.134. The van der Waals surface area contributed by atoms with E-state index in [9.17, 15) is 4.79 Å². The summed E-state index contributed by atoms with van der Waals surface area (Å²) in [5.74, 6) is 0.705. The zero-order chi connectivity index (χ0) is 17.6. The summed E-state index contributed by atoms with van der Waals surface area (Å²) in [5, 5.41) is 2.42. The van der Waals surface area contributed by atoms with Crippen molar-refractivity contribution in [2.24, 2.45) is 0 Å². The average molecular weight is 332 g/mol. The molecule has 3 aromatic carbocycles. The van der Waals surface area contributed by atoms with Crippen LogP contribution < -0.4 is 9.47 Å². The molecule has 0 aliphatic carbocycles. The fraction of sp³-hybridized carbons (Fsp3) is 0.136. The van der Waals surface area contributed by atoms with Crippen LogP contribution in [0.25, 0.3) is 22.9 Å². The monoisotopic (exact) mass is 332 g/mol. The molecule has 0 bridgehead atoms. The highest BCUT2D eigenvalue weighted by Gasteiger charge is 2.08. The van der Waals surface area contributed by atoms with Crippen molar-refractivity contribution >= 4 is 28.9 Å². The maximum atomic E-state index is 11.5. The van der Waals surface area contributed by atoms with Gasteiger partial charge in [0.05, 0.1) is 7.11 Å². The van der Waals surface area contributed by atoms with Crippen molar-refractivity contribution in [1.82, 2.24) is 0 Å². The van der Waals surface area contributed by atoms with Gasteiger partial charge in [-0.25, -0.2) is 0 Å². The first kappa shape index (κ1) is 16.8. The number of ether oxygens (including phenoxy) is 2. The van der Waals surface area contributed by atoms with Crippen LogP contribution in [-0.4, -0.2) is 13.1 Å². The van der Waals surface area contributed by atoms with Gasteiger partial charge in [0.15, 0.2) is 11.5 Å². The van der Waals surface area contributed by atoms with Gasteiger partial charge in [0.25, 0.3) is 0 Å². The summed E-state index contributed by atoms with van der Waals surface area (Å²) in [7, 11) is 1.57. The second-order valence-electron chi connectivity index (χ2n) is 5.64. The number of fused-ring (bicyclic) bond motifs is 1. The molecule has 0 N–H and O–H groups in total. The summed E-state index contributed by atoms with van der Waals surface area (Å²) in [4.78, 5) is 11.5. The van der Waals surface area contributed by atoms with Gasteiger partial charge in [-0.15, -0.1) is 0 Å². The largest absolute Gasteiger partial charge is 0.493 e. The maximum absolute atomic E-state index is 11.5. The molecule has 3 nitrogen and oxygen atoms in total. The Morgan fingerprint density at radius 3 is 2.56 bits per heavy atom. The molecule has 0 aliphatic heterocycles. The Morgan fingerprint density at radius 2 is 1.76 bits per heavy atom. The summed E-state index contributed by atoms with van der Waals surface area (Å²) in [6.07, 6.45) is 4.43. The molecule has 3 aromatic rings. The van der Waals surface area contributed by atoms with Crippen LogP contribution in [0.3, 0.4) is 0 Å². The minimum Gasteiger partial charge on any atom is -0.493 e. The number of hydrogen-bond acceptors (Lipinski definition) is 3. The summed E-state index contributed by atoms with van der Waals surface area (Å²) in [6.45, 7) is 1.76. The van der Waals surface area contributed by atoms with Gasteiger partial charge in [-0.2, -0.15) is 0 Å². The topological polar surface area (TPSA) is 35.5 Å². The number of rotatable bonds is 5. The summed E-state index contributed by atoms with van der Waals surface area (Å²) in [6, 6.07) is 20.1. The molecule has 0 aliphatic rings. The second kappa shape index (κ2) is 7.67. The van der Waals surface area contributed by atoms with Crippen molar-refractivity contribution in [1.29, 1.82) is 0 Å². The molecule has 0 fully saturated rings. The molecule has 3 heteroatoms. The molecule has 25 heavy (non-hydrogen) atoms. The van der Waals surface area contributed by atoms with E-state index in [1.54, 1.807) is 20.1 Å². The van der Waals surface area contributed by atoms with Crippen LogP contribution in [-0.2, 0) is 4.79 Å². The van der Waals surface area contributed by atoms with Crippen LogP contribution in [0, 0.1) is 0 Å². The predicted octanol–water partition coefficient (Wildman–Crippen LogP) is 5.33. The lowest BCUT2D eigenvalue weighted by atomic mass is 10.0. The Hall–Kier alpha value is -3.07. The van der Waals surface area contributed by atoms with E-state index in [0.717, 1.165) is 11.1 Å². The number of carbonyl (C=O) groups is 1. The van der Waals surface area contributed by atoms with E-state index in [-0.39, 0.29) is 5.97 Å². The van der Waals surface area contributed by atoms with Crippen molar-refractivity contribution in [2.75, 3.05) is 7.11 Å². The maximum Gasteiger partial charge on any atom is 0.311 e. The molecule has 0 spiro atoms. The molecule has 0 amide bonds. The summed E-state index contributed by atoms with van der Waals surface area (Å²) < 4.78 is 10.6. The van der Waals surface area contributed by atoms with Crippen LogP contribution >= 0.6 is 0 Å².